The Hall–Kier alpha value is -2.34. The summed E-state index contributed by atoms with van der Waals surface area (Å²) in [5.41, 5.74) is 1.85. The van der Waals surface area contributed by atoms with Crippen LogP contribution in [0.2, 0.25) is 0 Å². The molecule has 0 aliphatic carbocycles. The number of hydrogen-bond acceptors (Lipinski definition) is 4. The normalized spacial score (nSPS) is 27.8. The number of H-pyrrole nitrogens is 1. The Morgan fingerprint density at radius 2 is 2.12 bits per heavy atom. The summed E-state index contributed by atoms with van der Waals surface area (Å²) < 4.78 is 0. The van der Waals surface area contributed by atoms with Gasteiger partial charge in [-0.1, -0.05) is 6.92 Å². The summed E-state index contributed by atoms with van der Waals surface area (Å²) in [6, 6.07) is 8.83. The number of nitrogens with one attached hydrogen (secondary N) is 1. The Balaban J connectivity index is 1.59. The molecule has 0 spiro atoms. The molecule has 2 saturated heterocycles. The van der Waals surface area contributed by atoms with Crippen molar-refractivity contribution in [2.75, 3.05) is 6.61 Å². The zero-order valence-corrected chi connectivity index (χ0v) is 14.3. The van der Waals surface area contributed by atoms with Crippen molar-refractivity contribution in [3.8, 4) is 17.0 Å². The fourth-order valence-corrected chi connectivity index (χ4v) is 4.61. The predicted octanol–water partition coefficient (Wildman–Crippen LogP) is 2.55. The third kappa shape index (κ3) is 2.43. The smallest absolute Gasteiger partial charge is 0.272 e. The average molecular weight is 341 g/mol. The summed E-state index contributed by atoms with van der Waals surface area (Å²) in [5.74, 6) is 0.165. The number of phenols is 1. The van der Waals surface area contributed by atoms with Crippen LogP contribution in [-0.2, 0) is 0 Å². The molecule has 0 radical (unpaired) electrons. The summed E-state index contributed by atoms with van der Waals surface area (Å²) in [6.45, 7) is 2.23. The zero-order valence-electron chi connectivity index (χ0n) is 14.3. The molecule has 1 amide bonds. The first-order valence-corrected chi connectivity index (χ1v) is 8.86. The van der Waals surface area contributed by atoms with Crippen LogP contribution in [0.25, 0.3) is 11.3 Å². The third-order valence-corrected chi connectivity index (χ3v) is 6.08. The van der Waals surface area contributed by atoms with Crippen LogP contribution in [0.15, 0.2) is 30.3 Å². The highest BCUT2D eigenvalue weighted by atomic mass is 16.3. The highest BCUT2D eigenvalue weighted by Gasteiger charge is 2.56. The number of aromatic amines is 1. The fourth-order valence-electron chi connectivity index (χ4n) is 4.61. The molecule has 3 heterocycles. The lowest BCUT2D eigenvalue weighted by Gasteiger charge is -2.34. The number of benzene rings is 1. The molecule has 2 bridgehead atoms. The minimum Gasteiger partial charge on any atom is -0.508 e. The maximum atomic E-state index is 13.1. The lowest BCUT2D eigenvalue weighted by molar-refractivity contribution is 0.0552. The van der Waals surface area contributed by atoms with E-state index in [4.69, 9.17) is 0 Å². The van der Waals surface area contributed by atoms with Crippen molar-refractivity contribution in [2.24, 2.45) is 5.41 Å². The number of rotatable bonds is 4. The molecule has 3 atom stereocenters. The Kier molecular flexibility index (Phi) is 3.80. The molecule has 6 nitrogen and oxygen atoms in total. The summed E-state index contributed by atoms with van der Waals surface area (Å²) >= 11 is 0. The highest BCUT2D eigenvalue weighted by Crippen LogP contribution is 2.51. The van der Waals surface area contributed by atoms with Crippen LogP contribution in [0.5, 0.6) is 5.75 Å². The molecule has 2 fully saturated rings. The van der Waals surface area contributed by atoms with Crippen molar-refractivity contribution in [1.29, 1.82) is 0 Å². The maximum absolute atomic E-state index is 13.1. The molecule has 132 valence electrons. The van der Waals surface area contributed by atoms with E-state index in [0.29, 0.717) is 11.4 Å². The molecule has 1 aromatic heterocycles. The second-order valence-corrected chi connectivity index (χ2v) is 7.25. The van der Waals surface area contributed by atoms with Gasteiger partial charge in [-0.15, -0.1) is 0 Å². The number of aliphatic hydroxyl groups excluding tert-OH is 1. The summed E-state index contributed by atoms with van der Waals surface area (Å²) in [7, 11) is 0. The number of amides is 1. The summed E-state index contributed by atoms with van der Waals surface area (Å²) in [5, 5.41) is 26.4. The molecule has 2 aliphatic heterocycles. The number of carbonyl (C=O) groups excluding carboxylic acids is 1. The molecule has 0 saturated carbocycles. The molecule has 1 aromatic carbocycles. The van der Waals surface area contributed by atoms with Gasteiger partial charge < -0.3 is 15.1 Å². The number of phenolic OH excluding ortho intramolecular Hbond substituents is 1. The van der Waals surface area contributed by atoms with Crippen molar-refractivity contribution in [3.05, 3.63) is 36.0 Å². The van der Waals surface area contributed by atoms with E-state index in [9.17, 15) is 15.0 Å². The lowest BCUT2D eigenvalue weighted by atomic mass is 9.72. The van der Waals surface area contributed by atoms with Crippen molar-refractivity contribution in [2.45, 2.75) is 44.7 Å². The lowest BCUT2D eigenvalue weighted by Crippen LogP contribution is -2.42. The second-order valence-electron chi connectivity index (χ2n) is 7.25. The molecule has 0 unspecified atom stereocenters. The quantitative estimate of drug-likeness (QED) is 0.797. The van der Waals surface area contributed by atoms with Gasteiger partial charge in [0, 0.05) is 23.1 Å². The van der Waals surface area contributed by atoms with E-state index in [2.05, 4.69) is 17.1 Å². The minimum atomic E-state index is -0.154. The van der Waals surface area contributed by atoms with Gasteiger partial charge >= 0.3 is 0 Å². The minimum absolute atomic E-state index is 0.0335. The van der Waals surface area contributed by atoms with E-state index in [0.717, 1.165) is 31.2 Å². The van der Waals surface area contributed by atoms with E-state index < -0.39 is 0 Å². The van der Waals surface area contributed by atoms with Crippen molar-refractivity contribution >= 4 is 5.91 Å². The topological polar surface area (TPSA) is 89.4 Å². The summed E-state index contributed by atoms with van der Waals surface area (Å²) in [4.78, 5) is 15.0. The van der Waals surface area contributed by atoms with E-state index in [1.165, 1.54) is 0 Å². The van der Waals surface area contributed by atoms with Crippen molar-refractivity contribution in [1.82, 2.24) is 15.1 Å². The van der Waals surface area contributed by atoms with Gasteiger partial charge in [-0.05, 0) is 56.0 Å². The van der Waals surface area contributed by atoms with E-state index in [1.54, 1.807) is 30.3 Å². The molecule has 25 heavy (non-hydrogen) atoms. The van der Waals surface area contributed by atoms with Crippen LogP contribution in [0, 0.1) is 5.41 Å². The van der Waals surface area contributed by atoms with Gasteiger partial charge in [0.2, 0.25) is 0 Å². The first-order chi connectivity index (χ1) is 12.1. The van der Waals surface area contributed by atoms with Gasteiger partial charge in [-0.25, -0.2) is 0 Å². The molecule has 6 heteroatoms. The SMILES string of the molecule is CC[C@]1(CO)C[C@H]2CC[C@@H]1N2C(=O)c1cc(-c2ccc(O)cc2)n[nH]1. The van der Waals surface area contributed by atoms with Gasteiger partial charge in [-0.3, -0.25) is 9.89 Å². The van der Waals surface area contributed by atoms with Crippen molar-refractivity contribution in [3.63, 3.8) is 0 Å². The van der Waals surface area contributed by atoms with Crippen LogP contribution in [0.1, 0.15) is 43.1 Å². The number of aromatic hydroxyl groups is 1. The van der Waals surface area contributed by atoms with Crippen LogP contribution in [-0.4, -0.2) is 49.9 Å². The number of aromatic nitrogens is 2. The molecule has 2 aromatic rings. The number of fused-ring (bicyclic) bond motifs is 2. The van der Waals surface area contributed by atoms with Crippen molar-refractivity contribution < 1.29 is 15.0 Å². The second kappa shape index (κ2) is 5.88. The number of carbonyl (C=O) groups is 1. The Morgan fingerprint density at radius 3 is 2.76 bits per heavy atom. The number of nitrogens with zero attached hydrogens (tertiary/aromatic N) is 2. The van der Waals surface area contributed by atoms with Crippen LogP contribution in [0.4, 0.5) is 0 Å². The molecular weight excluding hydrogens is 318 g/mol. The number of aliphatic hydroxyl groups is 1. The van der Waals surface area contributed by atoms with Gasteiger partial charge in [0.1, 0.15) is 11.4 Å². The van der Waals surface area contributed by atoms with Crippen LogP contribution in [0.3, 0.4) is 0 Å². The average Bonchev–Trinajstić information content (AvgIpc) is 3.35. The Labute approximate surface area is 146 Å². The monoisotopic (exact) mass is 341 g/mol. The zero-order chi connectivity index (χ0) is 17.6. The van der Waals surface area contributed by atoms with E-state index in [1.807, 2.05) is 4.90 Å². The van der Waals surface area contributed by atoms with Crippen LogP contribution >= 0.6 is 0 Å². The standard InChI is InChI=1S/C19H23N3O3/c1-2-19(11-23)10-13-5-8-17(19)22(13)18(25)16-9-15(20-21-16)12-3-6-14(24)7-4-12/h3-4,6-7,9,13,17,23-24H,2,5,8,10-11H2,1H3,(H,20,21)/t13-,17+,19-/m1/s1. The molecular formula is C19H23N3O3. The molecule has 4 rings (SSSR count). The van der Waals surface area contributed by atoms with Gasteiger partial charge in [-0.2, -0.15) is 5.10 Å². The summed E-state index contributed by atoms with van der Waals surface area (Å²) in [6.07, 6.45) is 3.74. The fraction of sp³-hybridized carbons (Fsp3) is 0.474. The first-order valence-electron chi connectivity index (χ1n) is 8.86. The third-order valence-electron chi connectivity index (χ3n) is 6.08. The van der Waals surface area contributed by atoms with Gasteiger partial charge in [0.15, 0.2) is 0 Å². The molecule has 3 N–H and O–H groups in total. The number of hydrogen-bond donors (Lipinski definition) is 3. The maximum Gasteiger partial charge on any atom is 0.272 e. The Bertz CT molecular complexity index is 779. The highest BCUT2D eigenvalue weighted by molar-refractivity contribution is 5.94. The molecule has 2 aliphatic rings. The van der Waals surface area contributed by atoms with E-state index >= 15 is 0 Å². The van der Waals surface area contributed by atoms with Gasteiger partial charge in [0.25, 0.3) is 5.91 Å². The first kappa shape index (κ1) is 16.1. The van der Waals surface area contributed by atoms with Crippen LogP contribution < -0.4 is 0 Å². The Morgan fingerprint density at radius 1 is 1.36 bits per heavy atom. The van der Waals surface area contributed by atoms with E-state index in [-0.39, 0.29) is 35.8 Å². The predicted molar refractivity (Wildman–Crippen MR) is 93.1 cm³/mol. The van der Waals surface area contributed by atoms with Gasteiger partial charge in [0.05, 0.1) is 12.3 Å². The largest absolute Gasteiger partial charge is 0.508 e.